The SMILES string of the molecule is CCCCCCOc1ccc(-c2ccc(-c3ccc(C(=O)O)cc3)cc2)cc1. The Labute approximate surface area is 166 Å². The number of aromatic carboxylic acids is 1. The number of unbranched alkanes of at least 4 members (excludes halogenated alkanes) is 3. The van der Waals surface area contributed by atoms with Gasteiger partial charge in [-0.25, -0.2) is 4.79 Å². The van der Waals surface area contributed by atoms with Crippen molar-refractivity contribution < 1.29 is 14.6 Å². The van der Waals surface area contributed by atoms with Crippen LogP contribution >= 0.6 is 0 Å². The number of carboxylic acid groups (broad SMARTS) is 1. The molecule has 0 fully saturated rings. The number of carboxylic acids is 1. The maximum absolute atomic E-state index is 11.0. The summed E-state index contributed by atoms with van der Waals surface area (Å²) < 4.78 is 5.81. The molecular formula is C25H26O3. The third-order valence-corrected chi connectivity index (χ3v) is 4.80. The van der Waals surface area contributed by atoms with Gasteiger partial charge in [-0.1, -0.05) is 74.7 Å². The first-order chi connectivity index (χ1) is 13.7. The minimum Gasteiger partial charge on any atom is -0.494 e. The lowest BCUT2D eigenvalue weighted by molar-refractivity contribution is 0.0697. The summed E-state index contributed by atoms with van der Waals surface area (Å²) >= 11 is 0. The van der Waals surface area contributed by atoms with Crippen LogP contribution in [0, 0.1) is 0 Å². The molecule has 3 rings (SSSR count). The molecule has 0 saturated carbocycles. The number of ether oxygens (including phenoxy) is 1. The molecule has 0 spiro atoms. The second-order valence-corrected chi connectivity index (χ2v) is 6.89. The second-order valence-electron chi connectivity index (χ2n) is 6.89. The van der Waals surface area contributed by atoms with Gasteiger partial charge in [0.05, 0.1) is 12.2 Å². The second kappa shape index (κ2) is 9.75. The van der Waals surface area contributed by atoms with E-state index in [1.807, 2.05) is 24.3 Å². The van der Waals surface area contributed by atoms with Gasteiger partial charge < -0.3 is 9.84 Å². The summed E-state index contributed by atoms with van der Waals surface area (Å²) in [6.45, 7) is 2.98. The fraction of sp³-hybridized carbons (Fsp3) is 0.240. The minimum atomic E-state index is -0.907. The van der Waals surface area contributed by atoms with Gasteiger partial charge in [0.15, 0.2) is 0 Å². The lowest BCUT2D eigenvalue weighted by atomic mass is 9.99. The molecule has 0 aliphatic heterocycles. The van der Waals surface area contributed by atoms with Crippen LogP contribution in [0.3, 0.4) is 0 Å². The van der Waals surface area contributed by atoms with Gasteiger partial charge in [-0.05, 0) is 52.9 Å². The fourth-order valence-corrected chi connectivity index (χ4v) is 3.12. The van der Waals surface area contributed by atoms with Gasteiger partial charge in [-0.2, -0.15) is 0 Å². The molecule has 3 nitrogen and oxygen atoms in total. The maximum atomic E-state index is 11.0. The highest BCUT2D eigenvalue weighted by Gasteiger charge is 2.04. The molecule has 0 unspecified atom stereocenters. The normalized spacial score (nSPS) is 10.6. The average molecular weight is 374 g/mol. The Kier molecular flexibility index (Phi) is 6.85. The minimum absolute atomic E-state index is 0.299. The van der Waals surface area contributed by atoms with Gasteiger partial charge in [0.25, 0.3) is 0 Å². The predicted molar refractivity (Wildman–Crippen MR) is 114 cm³/mol. The Morgan fingerprint density at radius 1 is 0.714 bits per heavy atom. The van der Waals surface area contributed by atoms with Crippen LogP contribution in [0.4, 0.5) is 0 Å². The first kappa shape index (κ1) is 19.7. The van der Waals surface area contributed by atoms with Gasteiger partial charge in [0.1, 0.15) is 5.75 Å². The van der Waals surface area contributed by atoms with Crippen molar-refractivity contribution in [3.05, 3.63) is 78.4 Å². The zero-order valence-electron chi connectivity index (χ0n) is 16.2. The van der Waals surface area contributed by atoms with Crippen molar-refractivity contribution in [3.8, 4) is 28.0 Å². The number of rotatable bonds is 9. The van der Waals surface area contributed by atoms with Crippen molar-refractivity contribution in [2.24, 2.45) is 0 Å². The van der Waals surface area contributed by atoms with E-state index in [4.69, 9.17) is 9.84 Å². The van der Waals surface area contributed by atoms with E-state index in [2.05, 4.69) is 43.3 Å². The molecule has 28 heavy (non-hydrogen) atoms. The molecule has 1 N–H and O–H groups in total. The molecule has 3 aromatic rings. The zero-order chi connectivity index (χ0) is 19.8. The average Bonchev–Trinajstić information content (AvgIpc) is 2.74. The number of benzene rings is 3. The number of hydrogen-bond donors (Lipinski definition) is 1. The summed E-state index contributed by atoms with van der Waals surface area (Å²) in [4.78, 5) is 11.0. The highest BCUT2D eigenvalue weighted by atomic mass is 16.5. The van der Waals surface area contributed by atoms with E-state index in [0.717, 1.165) is 41.0 Å². The Morgan fingerprint density at radius 3 is 1.64 bits per heavy atom. The molecule has 0 aliphatic rings. The molecule has 0 aliphatic carbocycles. The summed E-state index contributed by atoms with van der Waals surface area (Å²) in [5.41, 5.74) is 4.65. The number of carbonyl (C=O) groups is 1. The molecule has 0 amide bonds. The smallest absolute Gasteiger partial charge is 0.335 e. The lowest BCUT2D eigenvalue weighted by Gasteiger charge is -2.08. The Morgan fingerprint density at radius 2 is 1.18 bits per heavy atom. The Balaban J connectivity index is 1.62. The lowest BCUT2D eigenvalue weighted by Crippen LogP contribution is -1.96. The third kappa shape index (κ3) is 5.23. The van der Waals surface area contributed by atoms with Gasteiger partial charge in [-0.15, -0.1) is 0 Å². The van der Waals surface area contributed by atoms with E-state index in [9.17, 15) is 4.79 Å². The molecule has 144 valence electrons. The van der Waals surface area contributed by atoms with E-state index in [-0.39, 0.29) is 0 Å². The van der Waals surface area contributed by atoms with E-state index in [1.165, 1.54) is 19.3 Å². The molecule has 0 saturated heterocycles. The third-order valence-electron chi connectivity index (χ3n) is 4.80. The van der Waals surface area contributed by atoms with Crippen LogP contribution in [0.25, 0.3) is 22.3 Å². The summed E-state index contributed by atoms with van der Waals surface area (Å²) in [6, 6.07) is 23.4. The van der Waals surface area contributed by atoms with E-state index < -0.39 is 5.97 Å². The number of hydrogen-bond acceptors (Lipinski definition) is 2. The highest BCUT2D eigenvalue weighted by Crippen LogP contribution is 2.26. The van der Waals surface area contributed by atoms with Crippen molar-refractivity contribution >= 4 is 5.97 Å². The van der Waals surface area contributed by atoms with Crippen LogP contribution in [-0.2, 0) is 0 Å². The van der Waals surface area contributed by atoms with Crippen molar-refractivity contribution in [2.45, 2.75) is 32.6 Å². The van der Waals surface area contributed by atoms with Crippen LogP contribution in [0.15, 0.2) is 72.8 Å². The molecule has 0 heterocycles. The van der Waals surface area contributed by atoms with Gasteiger partial charge in [0, 0.05) is 0 Å². The van der Waals surface area contributed by atoms with Gasteiger partial charge in [-0.3, -0.25) is 0 Å². The molecule has 0 atom stereocenters. The molecular weight excluding hydrogens is 348 g/mol. The maximum Gasteiger partial charge on any atom is 0.335 e. The van der Waals surface area contributed by atoms with Gasteiger partial charge in [0.2, 0.25) is 0 Å². The van der Waals surface area contributed by atoms with Crippen LogP contribution in [-0.4, -0.2) is 17.7 Å². The monoisotopic (exact) mass is 374 g/mol. The van der Waals surface area contributed by atoms with Crippen LogP contribution in [0.5, 0.6) is 5.75 Å². The van der Waals surface area contributed by atoms with Crippen molar-refractivity contribution in [3.63, 3.8) is 0 Å². The van der Waals surface area contributed by atoms with E-state index in [0.29, 0.717) is 5.56 Å². The Bertz CT molecular complexity index is 879. The van der Waals surface area contributed by atoms with Crippen LogP contribution < -0.4 is 4.74 Å². The summed E-state index contributed by atoms with van der Waals surface area (Å²) in [5, 5.41) is 9.00. The summed E-state index contributed by atoms with van der Waals surface area (Å²) in [6.07, 6.45) is 4.83. The topological polar surface area (TPSA) is 46.5 Å². The Hall–Kier alpha value is -3.07. The summed E-state index contributed by atoms with van der Waals surface area (Å²) in [7, 11) is 0. The van der Waals surface area contributed by atoms with Crippen molar-refractivity contribution in [1.29, 1.82) is 0 Å². The quantitative estimate of drug-likeness (QED) is 0.425. The molecule has 0 bridgehead atoms. The molecule has 3 heteroatoms. The van der Waals surface area contributed by atoms with E-state index in [1.54, 1.807) is 12.1 Å². The first-order valence-corrected chi connectivity index (χ1v) is 9.84. The largest absolute Gasteiger partial charge is 0.494 e. The van der Waals surface area contributed by atoms with Crippen LogP contribution in [0.1, 0.15) is 43.0 Å². The fourth-order valence-electron chi connectivity index (χ4n) is 3.12. The van der Waals surface area contributed by atoms with Crippen molar-refractivity contribution in [2.75, 3.05) is 6.61 Å². The predicted octanol–water partition coefficient (Wildman–Crippen LogP) is 6.68. The summed E-state index contributed by atoms with van der Waals surface area (Å²) in [5.74, 6) is 0.00525. The first-order valence-electron chi connectivity index (χ1n) is 9.84. The molecule has 0 aromatic heterocycles. The molecule has 3 aromatic carbocycles. The highest BCUT2D eigenvalue weighted by molar-refractivity contribution is 5.88. The van der Waals surface area contributed by atoms with Crippen LogP contribution in [0.2, 0.25) is 0 Å². The zero-order valence-corrected chi connectivity index (χ0v) is 16.2. The molecule has 0 radical (unpaired) electrons. The van der Waals surface area contributed by atoms with Crippen molar-refractivity contribution in [1.82, 2.24) is 0 Å². The standard InChI is InChI=1S/C25H26O3/c1-2-3-4-5-18-28-24-16-14-22(15-17-24)20-8-6-19(7-9-20)21-10-12-23(13-11-21)25(26)27/h6-17H,2-5,18H2,1H3,(H,26,27). The van der Waals surface area contributed by atoms with E-state index >= 15 is 0 Å². The van der Waals surface area contributed by atoms with Gasteiger partial charge >= 0.3 is 5.97 Å².